The minimum atomic E-state index is 0.499. The van der Waals surface area contributed by atoms with E-state index in [1.54, 1.807) is 0 Å². The summed E-state index contributed by atoms with van der Waals surface area (Å²) in [6, 6.07) is 0.499. The third kappa shape index (κ3) is 6.10. The maximum Gasteiger partial charge on any atom is 0.203 e. The van der Waals surface area contributed by atoms with Crippen molar-refractivity contribution < 1.29 is 4.74 Å². The normalized spacial score (nSPS) is 12.9. The van der Waals surface area contributed by atoms with Gasteiger partial charge in [-0.15, -0.1) is 0 Å². The van der Waals surface area contributed by atoms with Crippen LogP contribution >= 0.6 is 0 Å². The van der Waals surface area contributed by atoms with Gasteiger partial charge in [-0.3, -0.25) is 0 Å². The van der Waals surface area contributed by atoms with Crippen LogP contribution in [0.5, 0.6) is 0 Å². The molecule has 0 saturated carbocycles. The fourth-order valence-corrected chi connectivity index (χ4v) is 2.04. The standard InChI is InChI=1S/C15H29N3O/c1-5-19-12-6-9-16-15-17-10-11-18(15)14(4)8-7-13(2)3/h10-11,13-14H,5-9,12H2,1-4H3,(H,16,17). The first-order valence-electron chi connectivity index (χ1n) is 7.49. The van der Waals surface area contributed by atoms with Crippen LogP contribution in [0.2, 0.25) is 0 Å². The van der Waals surface area contributed by atoms with E-state index in [2.05, 4.69) is 41.8 Å². The maximum absolute atomic E-state index is 5.33. The van der Waals surface area contributed by atoms with E-state index >= 15 is 0 Å². The first kappa shape index (κ1) is 16.0. The predicted molar refractivity (Wildman–Crippen MR) is 80.6 cm³/mol. The topological polar surface area (TPSA) is 39.1 Å². The van der Waals surface area contributed by atoms with Gasteiger partial charge in [0.1, 0.15) is 0 Å². The van der Waals surface area contributed by atoms with Gasteiger partial charge in [-0.1, -0.05) is 13.8 Å². The molecule has 0 bridgehead atoms. The lowest BCUT2D eigenvalue weighted by Gasteiger charge is -2.18. The average Bonchev–Trinajstić information content (AvgIpc) is 2.84. The first-order valence-corrected chi connectivity index (χ1v) is 7.49. The van der Waals surface area contributed by atoms with Crippen molar-refractivity contribution in [2.75, 3.05) is 25.1 Å². The number of hydrogen-bond donors (Lipinski definition) is 1. The molecule has 4 heteroatoms. The minimum Gasteiger partial charge on any atom is -0.382 e. The highest BCUT2D eigenvalue weighted by Gasteiger charge is 2.10. The molecule has 1 unspecified atom stereocenters. The Balaban J connectivity index is 2.36. The number of nitrogens with zero attached hydrogens (tertiary/aromatic N) is 2. The summed E-state index contributed by atoms with van der Waals surface area (Å²) in [5.74, 6) is 1.74. The average molecular weight is 267 g/mol. The molecule has 4 nitrogen and oxygen atoms in total. The zero-order valence-electron chi connectivity index (χ0n) is 12.9. The second-order valence-corrected chi connectivity index (χ2v) is 5.46. The molecule has 1 rings (SSSR count). The number of imidazole rings is 1. The summed E-state index contributed by atoms with van der Waals surface area (Å²) in [7, 11) is 0. The van der Waals surface area contributed by atoms with Crippen molar-refractivity contribution in [3.63, 3.8) is 0 Å². The molecule has 0 radical (unpaired) electrons. The highest BCUT2D eigenvalue weighted by atomic mass is 16.5. The van der Waals surface area contributed by atoms with Crippen LogP contribution in [-0.2, 0) is 4.74 Å². The molecule has 19 heavy (non-hydrogen) atoms. The van der Waals surface area contributed by atoms with Crippen LogP contribution in [0.25, 0.3) is 0 Å². The van der Waals surface area contributed by atoms with Gasteiger partial charge in [-0.05, 0) is 39.0 Å². The lowest BCUT2D eigenvalue weighted by Crippen LogP contribution is -2.13. The van der Waals surface area contributed by atoms with E-state index in [4.69, 9.17) is 4.74 Å². The smallest absolute Gasteiger partial charge is 0.203 e. The maximum atomic E-state index is 5.33. The lowest BCUT2D eigenvalue weighted by atomic mass is 10.0. The molecule has 0 aliphatic heterocycles. The van der Waals surface area contributed by atoms with Crippen LogP contribution < -0.4 is 5.32 Å². The van der Waals surface area contributed by atoms with E-state index in [0.29, 0.717) is 6.04 Å². The number of anilines is 1. The van der Waals surface area contributed by atoms with Crippen LogP contribution in [0.4, 0.5) is 5.95 Å². The Morgan fingerprint density at radius 1 is 1.32 bits per heavy atom. The molecule has 0 fully saturated rings. The Morgan fingerprint density at radius 2 is 2.11 bits per heavy atom. The van der Waals surface area contributed by atoms with Crippen molar-refractivity contribution in [3.05, 3.63) is 12.4 Å². The summed E-state index contributed by atoms with van der Waals surface area (Å²) in [4.78, 5) is 4.39. The largest absolute Gasteiger partial charge is 0.382 e. The van der Waals surface area contributed by atoms with Gasteiger partial charge in [0.2, 0.25) is 5.95 Å². The molecule has 0 amide bonds. The van der Waals surface area contributed by atoms with Gasteiger partial charge in [-0.2, -0.15) is 0 Å². The van der Waals surface area contributed by atoms with Crippen LogP contribution in [0.1, 0.15) is 53.0 Å². The number of nitrogens with one attached hydrogen (secondary N) is 1. The summed E-state index contributed by atoms with van der Waals surface area (Å²) >= 11 is 0. The Kier molecular flexibility index (Phi) is 7.56. The number of rotatable bonds is 10. The van der Waals surface area contributed by atoms with Crippen molar-refractivity contribution in [2.45, 2.75) is 53.0 Å². The van der Waals surface area contributed by atoms with Crippen molar-refractivity contribution in [2.24, 2.45) is 5.92 Å². The van der Waals surface area contributed by atoms with Gasteiger partial charge in [0.25, 0.3) is 0 Å². The van der Waals surface area contributed by atoms with E-state index in [-0.39, 0.29) is 0 Å². The predicted octanol–water partition coefficient (Wildman–Crippen LogP) is 3.72. The fourth-order valence-electron chi connectivity index (χ4n) is 2.04. The molecule has 0 saturated heterocycles. The van der Waals surface area contributed by atoms with E-state index in [9.17, 15) is 0 Å². The molecule has 1 aromatic rings. The van der Waals surface area contributed by atoms with Crippen LogP contribution in [0.3, 0.4) is 0 Å². The van der Waals surface area contributed by atoms with Crippen molar-refractivity contribution in [1.29, 1.82) is 0 Å². The Bertz CT molecular complexity index is 336. The van der Waals surface area contributed by atoms with E-state index < -0.39 is 0 Å². The zero-order valence-corrected chi connectivity index (χ0v) is 12.9. The van der Waals surface area contributed by atoms with Crippen molar-refractivity contribution in [3.8, 4) is 0 Å². The zero-order chi connectivity index (χ0) is 14.1. The van der Waals surface area contributed by atoms with Gasteiger partial charge in [0, 0.05) is 38.2 Å². The molecule has 1 heterocycles. The van der Waals surface area contributed by atoms with Gasteiger partial charge in [0.15, 0.2) is 0 Å². The lowest BCUT2D eigenvalue weighted by molar-refractivity contribution is 0.147. The van der Waals surface area contributed by atoms with Gasteiger partial charge < -0.3 is 14.6 Å². The van der Waals surface area contributed by atoms with Gasteiger partial charge in [0.05, 0.1) is 0 Å². The molecule has 0 aliphatic rings. The third-order valence-electron chi connectivity index (χ3n) is 3.26. The van der Waals surface area contributed by atoms with Crippen LogP contribution in [0.15, 0.2) is 12.4 Å². The summed E-state index contributed by atoms with van der Waals surface area (Å²) in [6.45, 7) is 11.3. The Labute approximate surface area is 117 Å². The summed E-state index contributed by atoms with van der Waals surface area (Å²) < 4.78 is 7.57. The third-order valence-corrected chi connectivity index (χ3v) is 3.26. The highest BCUT2D eigenvalue weighted by molar-refractivity contribution is 5.26. The molecule has 0 aromatic carbocycles. The molecular weight excluding hydrogens is 238 g/mol. The van der Waals surface area contributed by atoms with E-state index in [1.807, 2.05) is 13.1 Å². The van der Waals surface area contributed by atoms with E-state index in [0.717, 1.165) is 38.0 Å². The number of ether oxygens (including phenoxy) is 1. The Hall–Kier alpha value is -1.03. The molecule has 1 N–H and O–H groups in total. The Morgan fingerprint density at radius 3 is 2.79 bits per heavy atom. The highest BCUT2D eigenvalue weighted by Crippen LogP contribution is 2.20. The molecule has 1 atom stereocenters. The molecule has 110 valence electrons. The SMILES string of the molecule is CCOCCCNc1nccn1C(C)CCC(C)C. The van der Waals surface area contributed by atoms with Crippen LogP contribution in [-0.4, -0.2) is 29.3 Å². The number of hydrogen-bond acceptors (Lipinski definition) is 3. The first-order chi connectivity index (χ1) is 9.15. The molecule has 1 aromatic heterocycles. The van der Waals surface area contributed by atoms with Gasteiger partial charge >= 0.3 is 0 Å². The summed E-state index contributed by atoms with van der Waals surface area (Å²) in [5.41, 5.74) is 0. The second kappa shape index (κ2) is 8.97. The minimum absolute atomic E-state index is 0.499. The molecule has 0 spiro atoms. The summed E-state index contributed by atoms with van der Waals surface area (Å²) in [5, 5.41) is 3.39. The summed E-state index contributed by atoms with van der Waals surface area (Å²) in [6.07, 6.45) is 7.40. The fraction of sp³-hybridized carbons (Fsp3) is 0.800. The van der Waals surface area contributed by atoms with Crippen LogP contribution in [0, 0.1) is 5.92 Å². The molecular formula is C15H29N3O. The second-order valence-electron chi connectivity index (χ2n) is 5.46. The van der Waals surface area contributed by atoms with Crippen molar-refractivity contribution in [1.82, 2.24) is 9.55 Å². The van der Waals surface area contributed by atoms with E-state index in [1.165, 1.54) is 12.8 Å². The quantitative estimate of drug-likeness (QED) is 0.657. The monoisotopic (exact) mass is 267 g/mol. The van der Waals surface area contributed by atoms with Crippen molar-refractivity contribution >= 4 is 5.95 Å². The molecule has 0 aliphatic carbocycles. The van der Waals surface area contributed by atoms with Gasteiger partial charge in [-0.25, -0.2) is 4.98 Å². The number of aromatic nitrogens is 2.